The minimum absolute atomic E-state index is 0.194. The van der Waals surface area contributed by atoms with Crippen LogP contribution < -0.4 is 3.66 Å². The first-order chi connectivity index (χ1) is 5.08. The molecule has 0 atom stereocenters. The minimum atomic E-state index is -4.96. The standard InChI is InChI=1S/C6H6O.2H2O.O.V/c7-6-4-2-1-3-5-6;;;;/h1-5,7H;2*1H2;;/q;;;;+3/p-3. The monoisotopic (exact) mass is 194 g/mol. The van der Waals surface area contributed by atoms with Gasteiger partial charge in [0.05, 0.1) is 0 Å². The van der Waals surface area contributed by atoms with Crippen molar-refractivity contribution >= 4 is 0 Å². The summed E-state index contributed by atoms with van der Waals surface area (Å²) in [6.07, 6.45) is 0. The molecule has 0 radical (unpaired) electrons. The molecule has 60 valence electrons. The molecule has 0 amide bonds. The first-order valence-electron chi connectivity index (χ1n) is 2.88. The van der Waals surface area contributed by atoms with Crippen LogP contribution in [0.5, 0.6) is 5.75 Å². The van der Waals surface area contributed by atoms with Gasteiger partial charge in [-0.1, -0.05) is 0 Å². The molecule has 0 heterocycles. The molecule has 11 heavy (non-hydrogen) atoms. The van der Waals surface area contributed by atoms with E-state index in [1.54, 1.807) is 18.2 Å². The Hall–Kier alpha value is -0.676. The van der Waals surface area contributed by atoms with E-state index in [4.69, 9.17) is 8.06 Å². The molecule has 0 bridgehead atoms. The van der Waals surface area contributed by atoms with Crippen LogP contribution in [-0.4, -0.2) is 8.06 Å². The third-order valence-corrected chi connectivity index (χ3v) is 1.67. The van der Waals surface area contributed by atoms with Crippen molar-refractivity contribution in [2.75, 3.05) is 0 Å². The number of para-hydroxylation sites is 1. The molecule has 2 N–H and O–H groups in total. The van der Waals surface area contributed by atoms with Crippen molar-refractivity contribution in [1.29, 1.82) is 0 Å². The Balaban J connectivity index is 2.74. The third-order valence-electron chi connectivity index (χ3n) is 0.968. The Morgan fingerprint density at radius 2 is 1.73 bits per heavy atom. The van der Waals surface area contributed by atoms with E-state index in [-0.39, 0.29) is 5.75 Å². The summed E-state index contributed by atoms with van der Waals surface area (Å²) in [5, 5.41) is 0. The van der Waals surface area contributed by atoms with Gasteiger partial charge in [0, 0.05) is 0 Å². The van der Waals surface area contributed by atoms with Crippen molar-refractivity contribution in [3.8, 4) is 5.75 Å². The third kappa shape index (κ3) is 3.29. The van der Waals surface area contributed by atoms with Crippen LogP contribution >= 0.6 is 0 Å². The Kier molecular flexibility index (Phi) is 2.41. The van der Waals surface area contributed by atoms with Gasteiger partial charge in [-0.15, -0.1) is 0 Å². The van der Waals surface area contributed by atoms with E-state index in [9.17, 15) is 3.67 Å². The normalized spacial score (nSPS) is 11.1. The average molecular weight is 194 g/mol. The molecule has 4 nitrogen and oxygen atoms in total. The van der Waals surface area contributed by atoms with Crippen LogP contribution in [0.1, 0.15) is 0 Å². The summed E-state index contributed by atoms with van der Waals surface area (Å²) >= 11 is -4.96. The SMILES string of the molecule is [O]=[V]([OH])([OH])[O]c1ccccc1. The molecule has 0 aliphatic carbocycles. The first kappa shape index (κ1) is 8.42. The van der Waals surface area contributed by atoms with Crippen LogP contribution in [0.2, 0.25) is 0 Å². The molecule has 1 aromatic carbocycles. The van der Waals surface area contributed by atoms with Gasteiger partial charge in [-0.25, -0.2) is 0 Å². The van der Waals surface area contributed by atoms with Gasteiger partial charge < -0.3 is 0 Å². The Bertz CT molecular complexity index is 265. The fourth-order valence-electron chi connectivity index (χ4n) is 0.619. The van der Waals surface area contributed by atoms with Crippen molar-refractivity contribution < 1.29 is 30.4 Å². The van der Waals surface area contributed by atoms with Gasteiger partial charge in [0.1, 0.15) is 0 Å². The summed E-state index contributed by atoms with van der Waals surface area (Å²) < 4.78 is 31.5. The quantitative estimate of drug-likeness (QED) is 0.710. The number of hydrogen-bond donors (Lipinski definition) is 2. The molecule has 1 aromatic rings. The molecule has 0 aromatic heterocycles. The van der Waals surface area contributed by atoms with E-state index < -0.39 is 15.0 Å². The van der Waals surface area contributed by atoms with E-state index in [1.165, 1.54) is 12.1 Å². The van der Waals surface area contributed by atoms with Gasteiger partial charge in [0.25, 0.3) is 0 Å². The van der Waals surface area contributed by atoms with Crippen LogP contribution in [0.4, 0.5) is 0 Å². The molecule has 0 unspecified atom stereocenters. The second-order valence-electron chi connectivity index (χ2n) is 1.89. The van der Waals surface area contributed by atoms with Gasteiger partial charge in [-0.05, 0) is 0 Å². The first-order valence-corrected chi connectivity index (χ1v) is 5.27. The molecule has 0 aliphatic heterocycles. The molecule has 0 fully saturated rings. The summed E-state index contributed by atoms with van der Waals surface area (Å²) in [7, 11) is 0. The van der Waals surface area contributed by atoms with Crippen molar-refractivity contribution in [2.24, 2.45) is 0 Å². The maximum absolute atomic E-state index is 10.3. The molecule has 0 spiro atoms. The van der Waals surface area contributed by atoms with Gasteiger partial charge >= 0.3 is 66.5 Å². The van der Waals surface area contributed by atoms with E-state index in [1.807, 2.05) is 0 Å². The van der Waals surface area contributed by atoms with E-state index in [0.717, 1.165) is 0 Å². The molecule has 1 rings (SSSR count). The zero-order valence-corrected chi connectivity index (χ0v) is 6.94. The fraction of sp³-hybridized carbons (Fsp3) is 0. The van der Waals surface area contributed by atoms with Crippen molar-refractivity contribution in [2.45, 2.75) is 0 Å². The maximum atomic E-state index is 10.3. The predicted molar refractivity (Wildman–Crippen MR) is 32.2 cm³/mol. The summed E-state index contributed by atoms with van der Waals surface area (Å²) in [6.45, 7) is 0. The zero-order valence-electron chi connectivity index (χ0n) is 5.54. The van der Waals surface area contributed by atoms with Gasteiger partial charge in [0.2, 0.25) is 0 Å². The van der Waals surface area contributed by atoms with E-state index in [2.05, 4.69) is 3.66 Å². The molecule has 0 saturated carbocycles. The summed E-state index contributed by atoms with van der Waals surface area (Å²) in [6, 6.07) is 7.99. The van der Waals surface area contributed by atoms with Crippen LogP contribution in [0, 0.1) is 0 Å². The van der Waals surface area contributed by atoms with E-state index in [0.29, 0.717) is 0 Å². The molecular weight excluding hydrogens is 187 g/mol. The Morgan fingerprint density at radius 3 is 2.18 bits per heavy atom. The summed E-state index contributed by atoms with van der Waals surface area (Å²) in [5.74, 6) is 0.194. The Labute approximate surface area is 67.0 Å². The predicted octanol–water partition coefficient (Wildman–Crippen LogP) is 0.294. The van der Waals surface area contributed by atoms with Gasteiger partial charge in [-0.2, -0.15) is 0 Å². The van der Waals surface area contributed by atoms with Crippen LogP contribution in [0.25, 0.3) is 0 Å². The number of hydrogen-bond acceptors (Lipinski definition) is 2. The van der Waals surface area contributed by atoms with Crippen molar-refractivity contribution in [3.63, 3.8) is 0 Å². The van der Waals surface area contributed by atoms with Gasteiger partial charge in [0.15, 0.2) is 0 Å². The molecule has 5 heteroatoms. The summed E-state index contributed by atoms with van der Waals surface area (Å²) in [4.78, 5) is 0. The van der Waals surface area contributed by atoms with E-state index >= 15 is 0 Å². The van der Waals surface area contributed by atoms with Crippen LogP contribution in [-0.2, 0) is 18.7 Å². The number of rotatable bonds is 2. The van der Waals surface area contributed by atoms with Crippen LogP contribution in [0.15, 0.2) is 30.3 Å². The topological polar surface area (TPSA) is 66.8 Å². The zero-order chi connectivity index (χ0) is 8.32. The molecular formula is C6H7O4V. The number of benzene rings is 1. The Morgan fingerprint density at radius 1 is 1.18 bits per heavy atom. The second kappa shape index (κ2) is 3.15. The van der Waals surface area contributed by atoms with Gasteiger partial charge in [-0.3, -0.25) is 0 Å². The van der Waals surface area contributed by atoms with Crippen LogP contribution in [0.3, 0.4) is 0 Å². The molecule has 0 saturated heterocycles. The second-order valence-corrected chi connectivity index (χ2v) is 3.71. The fourth-order valence-corrected chi connectivity index (χ4v) is 1.24. The van der Waals surface area contributed by atoms with Crippen molar-refractivity contribution in [1.82, 2.24) is 0 Å². The van der Waals surface area contributed by atoms with Crippen molar-refractivity contribution in [3.05, 3.63) is 30.3 Å². The average Bonchev–Trinajstić information content (AvgIpc) is 1.85. The summed E-state index contributed by atoms with van der Waals surface area (Å²) in [5.41, 5.74) is 0. The molecule has 0 aliphatic rings.